The van der Waals surface area contributed by atoms with E-state index in [0.717, 1.165) is 22.3 Å². The average molecular weight is 312 g/mol. The summed E-state index contributed by atoms with van der Waals surface area (Å²) >= 11 is 0. The van der Waals surface area contributed by atoms with E-state index in [2.05, 4.69) is 13.2 Å². The summed E-state index contributed by atoms with van der Waals surface area (Å²) in [5, 5.41) is 0. The van der Waals surface area contributed by atoms with Gasteiger partial charge in [-0.05, 0) is 54.0 Å². The van der Waals surface area contributed by atoms with Crippen LogP contribution in [0.2, 0.25) is 0 Å². The summed E-state index contributed by atoms with van der Waals surface area (Å²) in [4.78, 5) is 0. The van der Waals surface area contributed by atoms with Gasteiger partial charge in [-0.2, -0.15) is 0 Å². The van der Waals surface area contributed by atoms with Crippen LogP contribution in [-0.2, 0) is 5.67 Å². The number of alkyl halides is 1. The van der Waals surface area contributed by atoms with Crippen molar-refractivity contribution in [2.75, 3.05) is 0 Å². The van der Waals surface area contributed by atoms with Crippen molar-refractivity contribution in [3.8, 4) is 0 Å². The molecule has 0 fully saturated rings. The molecule has 1 aromatic rings. The molecule has 1 rings (SSSR count). The Morgan fingerprint density at radius 3 is 2.17 bits per heavy atom. The Morgan fingerprint density at radius 1 is 1.09 bits per heavy atom. The highest BCUT2D eigenvalue weighted by Gasteiger charge is 2.40. The lowest BCUT2D eigenvalue weighted by Gasteiger charge is -2.36. The molecule has 1 unspecified atom stereocenters. The first-order valence-electron chi connectivity index (χ1n) is 7.98. The van der Waals surface area contributed by atoms with Gasteiger partial charge in [0.25, 0.3) is 0 Å². The largest absolute Gasteiger partial charge is 0.238 e. The molecule has 0 aromatic heterocycles. The Labute approximate surface area is 141 Å². The fraction of sp³-hybridized carbons (Fsp3) is 0.364. The number of benzene rings is 1. The molecule has 0 bridgehead atoms. The van der Waals surface area contributed by atoms with Crippen LogP contribution in [-0.4, -0.2) is 0 Å². The van der Waals surface area contributed by atoms with E-state index in [-0.39, 0.29) is 0 Å². The number of allylic oxidation sites excluding steroid dienone is 6. The van der Waals surface area contributed by atoms with Gasteiger partial charge in [0.2, 0.25) is 0 Å². The van der Waals surface area contributed by atoms with Gasteiger partial charge >= 0.3 is 0 Å². The molecule has 0 aliphatic heterocycles. The van der Waals surface area contributed by atoms with E-state index in [9.17, 15) is 0 Å². The lowest BCUT2D eigenvalue weighted by atomic mass is 9.72. The monoisotopic (exact) mass is 312 g/mol. The van der Waals surface area contributed by atoms with Crippen molar-refractivity contribution in [1.82, 2.24) is 0 Å². The molecular formula is C22H29F. The molecule has 23 heavy (non-hydrogen) atoms. The molecule has 0 radical (unpaired) electrons. The maximum Gasteiger partial charge on any atom is 0.138 e. The minimum absolute atomic E-state index is 0.501. The van der Waals surface area contributed by atoms with Crippen LogP contribution in [0.5, 0.6) is 0 Å². The molecule has 0 aliphatic rings. The number of halogens is 1. The van der Waals surface area contributed by atoms with Crippen molar-refractivity contribution in [3.63, 3.8) is 0 Å². The van der Waals surface area contributed by atoms with Gasteiger partial charge in [0.1, 0.15) is 5.67 Å². The summed E-state index contributed by atoms with van der Waals surface area (Å²) in [6.07, 6.45) is 5.63. The average Bonchev–Trinajstić information content (AvgIpc) is 2.49. The third-order valence-corrected chi connectivity index (χ3v) is 4.69. The van der Waals surface area contributed by atoms with Crippen molar-refractivity contribution in [1.29, 1.82) is 0 Å². The van der Waals surface area contributed by atoms with E-state index in [0.29, 0.717) is 5.56 Å². The zero-order valence-corrected chi connectivity index (χ0v) is 15.3. The molecule has 0 saturated heterocycles. The molecule has 0 spiro atoms. The third kappa shape index (κ3) is 4.10. The van der Waals surface area contributed by atoms with Gasteiger partial charge in [0.15, 0.2) is 0 Å². The Balaban J connectivity index is 3.44. The Kier molecular flexibility index (Phi) is 5.93. The molecule has 0 saturated carbocycles. The first-order valence-corrected chi connectivity index (χ1v) is 7.98. The molecule has 0 nitrogen and oxygen atoms in total. The van der Waals surface area contributed by atoms with E-state index in [1.807, 2.05) is 71.0 Å². The van der Waals surface area contributed by atoms with Crippen molar-refractivity contribution in [2.45, 2.75) is 47.2 Å². The van der Waals surface area contributed by atoms with Gasteiger partial charge in [-0.25, -0.2) is 4.39 Å². The smallest absolute Gasteiger partial charge is 0.138 e. The molecule has 124 valence electrons. The van der Waals surface area contributed by atoms with Crippen LogP contribution in [0.1, 0.15) is 52.7 Å². The maximum atomic E-state index is 15.5. The minimum atomic E-state index is -1.45. The summed E-state index contributed by atoms with van der Waals surface area (Å²) in [5.41, 5.74) is 2.63. The number of hydrogen-bond donors (Lipinski definition) is 0. The summed E-state index contributed by atoms with van der Waals surface area (Å²) in [6, 6.07) is 7.65. The minimum Gasteiger partial charge on any atom is -0.238 e. The summed E-state index contributed by atoms with van der Waals surface area (Å²) in [7, 11) is 0. The van der Waals surface area contributed by atoms with Gasteiger partial charge < -0.3 is 0 Å². The van der Waals surface area contributed by atoms with Gasteiger partial charge in [-0.3, -0.25) is 0 Å². The topological polar surface area (TPSA) is 0 Å². The molecule has 0 N–H and O–H groups in total. The maximum absolute atomic E-state index is 15.5. The predicted octanol–water partition coefficient (Wildman–Crippen LogP) is 7.01. The van der Waals surface area contributed by atoms with Crippen LogP contribution in [0.4, 0.5) is 4.39 Å². The van der Waals surface area contributed by atoms with Crippen molar-refractivity contribution in [3.05, 3.63) is 77.9 Å². The van der Waals surface area contributed by atoms with Crippen LogP contribution >= 0.6 is 0 Å². The van der Waals surface area contributed by atoms with E-state index in [1.165, 1.54) is 0 Å². The van der Waals surface area contributed by atoms with E-state index in [1.54, 1.807) is 13.0 Å². The Morgan fingerprint density at radius 2 is 1.65 bits per heavy atom. The summed E-state index contributed by atoms with van der Waals surface area (Å²) in [5.74, 6) is 0. The van der Waals surface area contributed by atoms with Crippen molar-refractivity contribution >= 4 is 5.57 Å². The van der Waals surface area contributed by atoms with Gasteiger partial charge in [-0.15, -0.1) is 0 Å². The lowest BCUT2D eigenvalue weighted by Crippen LogP contribution is -2.33. The Bertz CT molecular complexity index is 649. The molecular weight excluding hydrogens is 283 g/mol. The number of hydrogen-bond acceptors (Lipinski definition) is 0. The lowest BCUT2D eigenvalue weighted by molar-refractivity contribution is 0.0450. The van der Waals surface area contributed by atoms with Crippen molar-refractivity contribution in [2.24, 2.45) is 5.41 Å². The van der Waals surface area contributed by atoms with Crippen LogP contribution in [0.25, 0.3) is 5.57 Å². The van der Waals surface area contributed by atoms with Crippen molar-refractivity contribution < 1.29 is 4.39 Å². The standard InChI is InChI=1S/C22H29F/c1-9-10-13-16(2)17(3)18(4)19-14-11-12-15-20(19)22(8,23)21(5,6)7/h9-15H,1,4H2,2-3,5-8H3/b13-10-,17-16-. The van der Waals surface area contributed by atoms with Crippen LogP contribution in [0, 0.1) is 5.41 Å². The SMILES string of the molecule is C=C/C=C\C(C)=C(\C)C(=C)c1ccccc1C(C)(F)C(C)(C)C. The normalized spacial score (nSPS) is 16.0. The van der Waals surface area contributed by atoms with E-state index in [4.69, 9.17) is 0 Å². The number of rotatable bonds is 5. The highest BCUT2D eigenvalue weighted by molar-refractivity contribution is 5.80. The van der Waals surface area contributed by atoms with Crippen LogP contribution in [0.15, 0.2) is 66.8 Å². The van der Waals surface area contributed by atoms with Crippen LogP contribution < -0.4 is 0 Å². The second kappa shape index (κ2) is 7.12. The fourth-order valence-electron chi connectivity index (χ4n) is 2.34. The Hall–Kier alpha value is -1.89. The molecule has 0 aliphatic carbocycles. The first kappa shape index (κ1) is 19.2. The van der Waals surface area contributed by atoms with E-state index < -0.39 is 11.1 Å². The molecule has 1 aromatic carbocycles. The highest BCUT2D eigenvalue weighted by atomic mass is 19.1. The summed E-state index contributed by atoms with van der Waals surface area (Å²) < 4.78 is 15.5. The molecule has 1 heteroatoms. The fourth-order valence-corrected chi connectivity index (χ4v) is 2.34. The first-order chi connectivity index (χ1) is 10.5. The quantitative estimate of drug-likeness (QED) is 0.513. The van der Waals surface area contributed by atoms with Crippen LogP contribution in [0.3, 0.4) is 0 Å². The van der Waals surface area contributed by atoms with Gasteiger partial charge in [0, 0.05) is 0 Å². The summed E-state index contributed by atoms with van der Waals surface area (Å²) in [6.45, 7) is 19.4. The van der Waals surface area contributed by atoms with E-state index >= 15 is 4.39 Å². The third-order valence-electron chi connectivity index (χ3n) is 4.69. The zero-order valence-electron chi connectivity index (χ0n) is 15.3. The van der Waals surface area contributed by atoms with Gasteiger partial charge in [-0.1, -0.05) is 76.4 Å². The molecule has 0 amide bonds. The molecule has 0 heterocycles. The zero-order chi connectivity index (χ0) is 17.8. The van der Waals surface area contributed by atoms with Gasteiger partial charge in [0.05, 0.1) is 0 Å². The predicted molar refractivity (Wildman–Crippen MR) is 101 cm³/mol. The second-order valence-electron chi connectivity index (χ2n) is 7.18. The highest BCUT2D eigenvalue weighted by Crippen LogP contribution is 2.45. The molecule has 1 atom stereocenters. The second-order valence-corrected chi connectivity index (χ2v) is 7.18.